The van der Waals surface area contributed by atoms with Crippen molar-refractivity contribution in [3.8, 4) is 0 Å². The summed E-state index contributed by atoms with van der Waals surface area (Å²) in [4.78, 5) is 0. The minimum absolute atomic E-state index is 0. The summed E-state index contributed by atoms with van der Waals surface area (Å²) in [6.07, 6.45) is 30.0. The van der Waals surface area contributed by atoms with Crippen LogP contribution in [0.3, 0.4) is 0 Å². The topological polar surface area (TPSA) is 0 Å². The van der Waals surface area contributed by atoms with E-state index in [1.165, 1.54) is 129 Å². The van der Waals surface area contributed by atoms with Gasteiger partial charge in [-0.05, 0) is 0 Å². The Morgan fingerprint density at radius 1 is 0.558 bits per heavy atom. The summed E-state index contributed by atoms with van der Waals surface area (Å²) in [6.45, 7) is 8.64. The number of halogens is 2. The number of rotatable bonds is 4. The minimum atomic E-state index is 0. The molecule has 0 aliphatic heterocycles. The maximum absolute atomic E-state index is 3.11. The second kappa shape index (κ2) is 29.5. The molecular weight excluding hydrogens is 830 g/mol. The molecule has 8 rings (SSSR count). The zero-order chi connectivity index (χ0) is 35.8. The van der Waals surface area contributed by atoms with Gasteiger partial charge in [0.1, 0.15) is 0 Å². The van der Waals surface area contributed by atoms with Crippen molar-refractivity contribution in [1.29, 1.82) is 0 Å². The smallest absolute Gasteiger partial charge is 0.0512 e. The van der Waals surface area contributed by atoms with E-state index < -0.39 is 0 Å². The van der Waals surface area contributed by atoms with E-state index in [0.717, 1.165) is 25.7 Å². The molecular formula is C48H56Cl2Zr2-2. The summed E-state index contributed by atoms with van der Waals surface area (Å²) in [5.41, 5.74) is 12.0. The Morgan fingerprint density at radius 2 is 0.923 bits per heavy atom. The molecule has 0 saturated carbocycles. The maximum Gasteiger partial charge on any atom is -0.0512 e. The van der Waals surface area contributed by atoms with Crippen molar-refractivity contribution in [2.24, 2.45) is 0 Å². The molecule has 0 aromatic heterocycles. The van der Waals surface area contributed by atoms with E-state index in [9.17, 15) is 0 Å². The first kappa shape index (κ1) is 48.2. The van der Waals surface area contributed by atoms with Gasteiger partial charge in [-0.3, -0.25) is 12.2 Å². The third kappa shape index (κ3) is 19.5. The molecule has 0 N–H and O–H groups in total. The van der Waals surface area contributed by atoms with E-state index >= 15 is 0 Å². The van der Waals surface area contributed by atoms with Crippen molar-refractivity contribution in [2.45, 2.75) is 105 Å². The molecule has 0 bridgehead atoms. The molecule has 4 aromatic rings. The molecule has 52 heavy (non-hydrogen) atoms. The number of aryl methyl sites for hydroxylation is 4. The van der Waals surface area contributed by atoms with Crippen LogP contribution in [0, 0.1) is 12.2 Å². The van der Waals surface area contributed by atoms with Gasteiger partial charge in [0.05, 0.1) is 0 Å². The fourth-order valence-electron chi connectivity index (χ4n) is 5.97. The Balaban J connectivity index is 0.000000311. The molecule has 272 valence electrons. The molecule has 0 spiro atoms. The maximum atomic E-state index is 3.11. The van der Waals surface area contributed by atoms with Crippen LogP contribution in [0.25, 0.3) is 0 Å². The van der Waals surface area contributed by atoms with E-state index in [2.05, 4.69) is 149 Å². The Kier molecular flexibility index (Phi) is 27.4. The van der Waals surface area contributed by atoms with E-state index in [4.69, 9.17) is 0 Å². The quantitative estimate of drug-likeness (QED) is 0.212. The van der Waals surface area contributed by atoms with Crippen LogP contribution in [-0.2, 0) is 74.2 Å². The Labute approximate surface area is 359 Å². The number of allylic oxidation sites excluding steroid dienone is 8. The van der Waals surface area contributed by atoms with Crippen LogP contribution in [-0.4, -0.2) is 6.41 Å². The molecule has 4 aliphatic rings. The van der Waals surface area contributed by atoms with Crippen molar-refractivity contribution in [3.63, 3.8) is 0 Å². The van der Waals surface area contributed by atoms with Crippen LogP contribution in [0.1, 0.15) is 112 Å². The fraction of sp³-hybridized carbons (Fsp3) is 0.333. The molecule has 0 unspecified atom stereocenters. The standard InChI is InChI=1S/2C9H11.2C8H8.2C7H9.2ClH.2Zr/c2*1-2-5-9-7-3-6-8(9)4-1;2*1-2-8-6-4-3-5-7-8;2*1-2-7-5-3-4-6-7;;;;/h2*3,6-7H,1-2,4-5H2;2*3-7H,1H3;2*5-6H,2-3H2,1H3;2*1H;;/q2*-1;;;2*-1;;;2*+2/p-2. The fourth-order valence-corrected chi connectivity index (χ4v) is 6.79. The van der Waals surface area contributed by atoms with Crippen LogP contribution in [0.2, 0.25) is 0 Å². The van der Waals surface area contributed by atoms with Crippen LogP contribution in [0.15, 0.2) is 133 Å². The summed E-state index contributed by atoms with van der Waals surface area (Å²) in [5.74, 6) is 0. The summed E-state index contributed by atoms with van der Waals surface area (Å²) in [6, 6.07) is 34.3. The Bertz CT molecular complexity index is 1500. The molecule has 0 saturated heterocycles. The number of fused-ring (bicyclic) bond motifs is 2. The predicted molar refractivity (Wildman–Crippen MR) is 211 cm³/mol. The second-order valence-electron chi connectivity index (χ2n) is 12.9. The first-order chi connectivity index (χ1) is 24.4. The first-order valence-corrected chi connectivity index (χ1v) is 21.1. The normalized spacial score (nSPS) is 13.9. The van der Waals surface area contributed by atoms with Crippen molar-refractivity contribution in [3.05, 3.63) is 178 Å². The van der Waals surface area contributed by atoms with E-state index in [0.29, 0.717) is 0 Å². The molecule has 0 amide bonds. The monoisotopic (exact) mass is 882 g/mol. The van der Waals surface area contributed by atoms with Crippen molar-refractivity contribution in [1.82, 2.24) is 0 Å². The molecule has 4 heteroatoms. The van der Waals surface area contributed by atoms with Crippen LogP contribution in [0.4, 0.5) is 0 Å². The second-order valence-corrected chi connectivity index (χ2v) is 16.6. The van der Waals surface area contributed by atoms with Crippen LogP contribution in [0.5, 0.6) is 0 Å². The van der Waals surface area contributed by atoms with Crippen molar-refractivity contribution >= 4 is 6.41 Å². The molecule has 0 nitrogen and oxygen atoms in total. The molecule has 4 aromatic carbocycles. The van der Waals surface area contributed by atoms with E-state index in [-0.39, 0.29) is 24.8 Å². The van der Waals surface area contributed by atoms with Gasteiger partial charge in [0.25, 0.3) is 0 Å². The summed E-state index contributed by atoms with van der Waals surface area (Å²) in [5, 5.41) is 0. The SMILES string of the molecule is CCC1=CC[C-]=C1.CCC1=CC[C-]=C1.C[C](=[Zr+2])c1ccccc1.C[C](=[Zr+2])c1ccccc1.[Cl-].[Cl-].c1cc2c([cH-]1)CCCC2.c1cc2c([cH-]1)CCCC2. The van der Waals surface area contributed by atoms with Gasteiger partial charge < -0.3 is 24.8 Å². The average Bonchev–Trinajstić information content (AvgIpc) is 4.02. The minimum Gasteiger partial charge on any atom is -1.00 e. The largest absolute Gasteiger partial charge is 1.00 e. The third-order valence-electron chi connectivity index (χ3n) is 9.07. The molecule has 0 atom stereocenters. The van der Waals surface area contributed by atoms with Gasteiger partial charge in [-0.15, -0.1) is 12.8 Å². The van der Waals surface area contributed by atoms with Gasteiger partial charge in [-0.1, -0.05) is 78.1 Å². The van der Waals surface area contributed by atoms with Gasteiger partial charge in [0, 0.05) is 0 Å². The van der Waals surface area contributed by atoms with E-state index in [1.807, 2.05) is 12.1 Å². The Hall–Kier alpha value is -1.81. The average molecular weight is 886 g/mol. The zero-order valence-corrected chi connectivity index (χ0v) is 38.2. The molecule has 0 fully saturated rings. The van der Waals surface area contributed by atoms with Gasteiger partial charge in [-0.25, -0.2) is 35.4 Å². The number of hydrogen-bond donors (Lipinski definition) is 0. The van der Waals surface area contributed by atoms with E-state index in [1.54, 1.807) is 22.3 Å². The van der Waals surface area contributed by atoms with Crippen molar-refractivity contribution in [2.75, 3.05) is 0 Å². The predicted octanol–water partition coefficient (Wildman–Crippen LogP) is 6.30. The molecule has 0 radical (unpaired) electrons. The summed E-state index contributed by atoms with van der Waals surface area (Å²) in [7, 11) is 0. The number of hydrogen-bond acceptors (Lipinski definition) is 0. The van der Waals surface area contributed by atoms with Gasteiger partial charge in [0.2, 0.25) is 0 Å². The van der Waals surface area contributed by atoms with Crippen LogP contribution >= 0.6 is 0 Å². The number of benzene rings is 2. The van der Waals surface area contributed by atoms with Gasteiger partial charge in [0.15, 0.2) is 0 Å². The zero-order valence-electron chi connectivity index (χ0n) is 31.8. The van der Waals surface area contributed by atoms with Crippen LogP contribution < -0.4 is 24.8 Å². The Morgan fingerprint density at radius 3 is 1.17 bits per heavy atom. The third-order valence-corrected chi connectivity index (χ3v) is 10.5. The molecule has 4 aliphatic carbocycles. The van der Waals surface area contributed by atoms with Crippen molar-refractivity contribution < 1.29 is 73.3 Å². The van der Waals surface area contributed by atoms with Gasteiger partial charge >= 0.3 is 141 Å². The summed E-state index contributed by atoms with van der Waals surface area (Å²) < 4.78 is 2.92. The first-order valence-electron chi connectivity index (χ1n) is 18.6. The molecule has 0 heterocycles. The summed E-state index contributed by atoms with van der Waals surface area (Å²) >= 11 is 3.01. The van der Waals surface area contributed by atoms with Gasteiger partial charge in [-0.2, -0.15) is 58.7 Å².